The van der Waals surface area contributed by atoms with Crippen LogP contribution in [0.4, 0.5) is 0 Å². The van der Waals surface area contributed by atoms with E-state index in [1.165, 1.54) is 32.1 Å². The van der Waals surface area contributed by atoms with Crippen molar-refractivity contribution in [1.82, 2.24) is 4.57 Å². The Labute approximate surface area is 144 Å². The molecule has 2 aromatic carbocycles. The van der Waals surface area contributed by atoms with Crippen LogP contribution in [0.1, 0.15) is 20.7 Å². The number of hydrogen-bond donors (Lipinski definition) is 0. The molecule has 0 saturated carbocycles. The summed E-state index contributed by atoms with van der Waals surface area (Å²) in [5.41, 5.74) is 1.47. The number of aldehydes is 1. The third-order valence-corrected chi connectivity index (χ3v) is 4.00. The summed E-state index contributed by atoms with van der Waals surface area (Å²) >= 11 is 0. The van der Waals surface area contributed by atoms with E-state index in [9.17, 15) is 9.59 Å². The van der Waals surface area contributed by atoms with Crippen LogP contribution in [0.3, 0.4) is 0 Å². The highest BCUT2D eigenvalue weighted by Gasteiger charge is 2.20. The number of fused-ring (bicyclic) bond motifs is 1. The van der Waals surface area contributed by atoms with Crippen LogP contribution in [0.15, 0.2) is 42.6 Å². The van der Waals surface area contributed by atoms with Crippen molar-refractivity contribution < 1.29 is 23.8 Å². The first-order valence-electron chi connectivity index (χ1n) is 7.54. The Morgan fingerprint density at radius 2 is 1.64 bits per heavy atom. The standard InChI is InChI=1S/C19H17NO5/c1-23-16-8-12(9-17(24-2)18(16)25-3)19(22)20-10-13(11-21)14-6-4-5-7-15(14)20/h4-11H,1-3H3. The highest BCUT2D eigenvalue weighted by molar-refractivity contribution is 6.07. The third kappa shape index (κ3) is 2.71. The van der Waals surface area contributed by atoms with E-state index in [-0.39, 0.29) is 5.91 Å². The molecule has 0 atom stereocenters. The number of hydrogen-bond acceptors (Lipinski definition) is 5. The molecule has 0 fully saturated rings. The zero-order valence-corrected chi connectivity index (χ0v) is 14.1. The number of benzene rings is 2. The molecule has 0 aliphatic rings. The van der Waals surface area contributed by atoms with Gasteiger partial charge in [0.1, 0.15) is 0 Å². The fourth-order valence-electron chi connectivity index (χ4n) is 2.81. The predicted molar refractivity (Wildman–Crippen MR) is 93.2 cm³/mol. The average molecular weight is 339 g/mol. The second kappa shape index (κ2) is 6.68. The number of nitrogens with zero attached hydrogens (tertiary/aromatic N) is 1. The quantitative estimate of drug-likeness (QED) is 0.668. The zero-order valence-electron chi connectivity index (χ0n) is 14.1. The van der Waals surface area contributed by atoms with Gasteiger partial charge in [-0.15, -0.1) is 0 Å². The van der Waals surface area contributed by atoms with Crippen molar-refractivity contribution in [1.29, 1.82) is 0 Å². The molecule has 0 aliphatic carbocycles. The van der Waals surface area contributed by atoms with E-state index in [2.05, 4.69) is 0 Å². The Morgan fingerprint density at radius 3 is 2.20 bits per heavy atom. The van der Waals surface area contributed by atoms with Crippen LogP contribution in [0, 0.1) is 0 Å². The second-order valence-electron chi connectivity index (χ2n) is 5.31. The summed E-state index contributed by atoms with van der Waals surface area (Å²) in [5, 5.41) is 0.721. The van der Waals surface area contributed by atoms with Gasteiger partial charge in [0.05, 0.1) is 26.8 Å². The van der Waals surface area contributed by atoms with E-state index >= 15 is 0 Å². The topological polar surface area (TPSA) is 66.8 Å². The number of carbonyl (C=O) groups is 2. The Morgan fingerprint density at radius 1 is 1.00 bits per heavy atom. The monoisotopic (exact) mass is 339 g/mol. The summed E-state index contributed by atoms with van der Waals surface area (Å²) in [7, 11) is 4.47. The van der Waals surface area contributed by atoms with Crippen LogP contribution in [-0.2, 0) is 0 Å². The summed E-state index contributed by atoms with van der Waals surface area (Å²) < 4.78 is 17.3. The van der Waals surface area contributed by atoms with Crippen LogP contribution < -0.4 is 14.2 Å². The van der Waals surface area contributed by atoms with Gasteiger partial charge in [0.25, 0.3) is 5.91 Å². The lowest BCUT2D eigenvalue weighted by molar-refractivity contribution is 0.0964. The molecule has 0 unspecified atom stereocenters. The summed E-state index contributed by atoms with van der Waals surface area (Å²) in [4.78, 5) is 24.3. The van der Waals surface area contributed by atoms with Crippen LogP contribution in [0.25, 0.3) is 10.9 Å². The molecule has 0 amide bonds. The maximum absolute atomic E-state index is 13.0. The molecule has 1 aromatic heterocycles. The molecular weight excluding hydrogens is 322 g/mol. The van der Waals surface area contributed by atoms with Crippen molar-refractivity contribution in [2.24, 2.45) is 0 Å². The van der Waals surface area contributed by atoms with Gasteiger partial charge in [-0.05, 0) is 18.2 Å². The van der Waals surface area contributed by atoms with Gasteiger partial charge in [0.15, 0.2) is 17.8 Å². The van der Waals surface area contributed by atoms with Crippen LogP contribution >= 0.6 is 0 Å². The predicted octanol–water partition coefficient (Wildman–Crippen LogP) is 3.17. The van der Waals surface area contributed by atoms with E-state index in [1.807, 2.05) is 12.1 Å². The third-order valence-electron chi connectivity index (χ3n) is 4.00. The summed E-state index contributed by atoms with van der Waals surface area (Å²) in [6.07, 6.45) is 2.27. The van der Waals surface area contributed by atoms with Gasteiger partial charge < -0.3 is 14.2 Å². The highest BCUT2D eigenvalue weighted by Crippen LogP contribution is 2.38. The Bertz CT molecular complexity index is 933. The van der Waals surface area contributed by atoms with E-state index in [0.29, 0.717) is 33.9 Å². The van der Waals surface area contributed by atoms with Crippen molar-refractivity contribution in [2.75, 3.05) is 21.3 Å². The number of methoxy groups -OCH3 is 3. The molecule has 0 spiro atoms. The lowest BCUT2D eigenvalue weighted by Gasteiger charge is -2.14. The lowest BCUT2D eigenvalue weighted by Crippen LogP contribution is -2.11. The smallest absolute Gasteiger partial charge is 0.262 e. The number of ether oxygens (including phenoxy) is 3. The highest BCUT2D eigenvalue weighted by atomic mass is 16.5. The van der Waals surface area contributed by atoms with E-state index < -0.39 is 0 Å². The summed E-state index contributed by atoms with van der Waals surface area (Å²) in [6.45, 7) is 0. The number of aromatic nitrogens is 1. The Balaban J connectivity index is 2.18. The minimum absolute atomic E-state index is 0.302. The second-order valence-corrected chi connectivity index (χ2v) is 5.31. The molecule has 3 aromatic rings. The van der Waals surface area contributed by atoms with Crippen molar-refractivity contribution >= 4 is 23.1 Å². The molecule has 3 rings (SSSR count). The molecule has 25 heavy (non-hydrogen) atoms. The van der Waals surface area contributed by atoms with E-state index in [0.717, 1.165) is 11.7 Å². The molecular formula is C19H17NO5. The molecule has 0 aliphatic heterocycles. The van der Waals surface area contributed by atoms with Gasteiger partial charge in [-0.3, -0.25) is 14.2 Å². The van der Waals surface area contributed by atoms with Crippen LogP contribution in [-0.4, -0.2) is 38.1 Å². The van der Waals surface area contributed by atoms with Gasteiger partial charge in [0.2, 0.25) is 5.75 Å². The molecule has 128 valence electrons. The maximum Gasteiger partial charge on any atom is 0.262 e. The van der Waals surface area contributed by atoms with Gasteiger partial charge >= 0.3 is 0 Å². The van der Waals surface area contributed by atoms with E-state index in [1.54, 1.807) is 24.3 Å². The number of rotatable bonds is 5. The number of carbonyl (C=O) groups excluding carboxylic acids is 2. The molecule has 0 radical (unpaired) electrons. The lowest BCUT2D eigenvalue weighted by atomic mass is 10.1. The fraction of sp³-hybridized carbons (Fsp3) is 0.158. The van der Waals surface area contributed by atoms with Crippen molar-refractivity contribution in [3.8, 4) is 17.2 Å². The fourth-order valence-corrected chi connectivity index (χ4v) is 2.81. The first kappa shape index (κ1) is 16.6. The SMILES string of the molecule is COc1cc(C(=O)n2cc(C=O)c3ccccc32)cc(OC)c1OC. The van der Waals surface area contributed by atoms with Crippen molar-refractivity contribution in [3.63, 3.8) is 0 Å². The minimum Gasteiger partial charge on any atom is -0.493 e. The van der Waals surface area contributed by atoms with Gasteiger partial charge in [-0.2, -0.15) is 0 Å². The first-order valence-corrected chi connectivity index (χ1v) is 7.54. The van der Waals surface area contributed by atoms with Gasteiger partial charge in [-0.25, -0.2) is 0 Å². The van der Waals surface area contributed by atoms with Crippen LogP contribution in [0.2, 0.25) is 0 Å². The molecule has 1 heterocycles. The normalized spacial score (nSPS) is 10.5. The Hall–Kier alpha value is -3.28. The van der Waals surface area contributed by atoms with Gasteiger partial charge in [0, 0.05) is 22.7 Å². The average Bonchev–Trinajstić information content (AvgIpc) is 3.04. The Kier molecular flexibility index (Phi) is 4.43. The van der Waals surface area contributed by atoms with E-state index in [4.69, 9.17) is 14.2 Å². The minimum atomic E-state index is -0.302. The molecule has 0 N–H and O–H groups in total. The summed E-state index contributed by atoms with van der Waals surface area (Å²) in [6, 6.07) is 10.4. The van der Waals surface area contributed by atoms with Gasteiger partial charge in [-0.1, -0.05) is 18.2 Å². The summed E-state index contributed by atoms with van der Waals surface area (Å²) in [5.74, 6) is 0.880. The first-order chi connectivity index (χ1) is 12.1. The zero-order chi connectivity index (χ0) is 18.0. The van der Waals surface area contributed by atoms with Crippen LogP contribution in [0.5, 0.6) is 17.2 Å². The molecule has 0 saturated heterocycles. The van der Waals surface area contributed by atoms with Crippen molar-refractivity contribution in [2.45, 2.75) is 0 Å². The maximum atomic E-state index is 13.0. The van der Waals surface area contributed by atoms with Crippen molar-refractivity contribution in [3.05, 3.63) is 53.7 Å². The largest absolute Gasteiger partial charge is 0.493 e. The molecule has 0 bridgehead atoms. The molecule has 6 nitrogen and oxygen atoms in total. The molecule has 6 heteroatoms. The number of para-hydroxylation sites is 1.